The zero-order valence-corrected chi connectivity index (χ0v) is 11.6. The van der Waals surface area contributed by atoms with Crippen LogP contribution >= 0.6 is 0 Å². The Morgan fingerprint density at radius 3 is 2.53 bits per heavy atom. The molecule has 1 rings (SSSR count). The van der Waals surface area contributed by atoms with Crippen LogP contribution in [0.4, 0.5) is 5.69 Å². The fourth-order valence-corrected chi connectivity index (χ4v) is 1.51. The van der Waals surface area contributed by atoms with E-state index in [1.807, 2.05) is 20.8 Å². The summed E-state index contributed by atoms with van der Waals surface area (Å²) in [5.41, 5.74) is 6.12. The standard InChI is InChI=1S/C14H21N3O2/c1-14(2,3)17-13(19)10-5-4-6-11(9-10)16-12(18)7-8-15/h4-6,9H,7-8,15H2,1-3H3,(H,16,18)(H,17,19). The zero-order valence-electron chi connectivity index (χ0n) is 11.6. The summed E-state index contributed by atoms with van der Waals surface area (Å²) in [4.78, 5) is 23.4. The topological polar surface area (TPSA) is 84.2 Å². The molecule has 5 heteroatoms. The van der Waals surface area contributed by atoms with E-state index in [4.69, 9.17) is 5.73 Å². The first-order chi connectivity index (χ1) is 8.81. The molecule has 0 spiro atoms. The number of rotatable bonds is 4. The first kappa shape index (κ1) is 15.2. The van der Waals surface area contributed by atoms with E-state index in [0.717, 1.165) is 0 Å². The minimum Gasteiger partial charge on any atom is -0.347 e. The van der Waals surface area contributed by atoms with Crippen molar-refractivity contribution >= 4 is 17.5 Å². The maximum atomic E-state index is 12.0. The molecule has 0 aliphatic heterocycles. The number of carbonyl (C=O) groups is 2. The van der Waals surface area contributed by atoms with Crippen molar-refractivity contribution in [3.05, 3.63) is 29.8 Å². The second-order valence-electron chi connectivity index (χ2n) is 5.37. The van der Waals surface area contributed by atoms with Gasteiger partial charge >= 0.3 is 0 Å². The molecule has 0 radical (unpaired) electrons. The lowest BCUT2D eigenvalue weighted by Gasteiger charge is -2.20. The summed E-state index contributed by atoms with van der Waals surface area (Å²) >= 11 is 0. The second-order valence-corrected chi connectivity index (χ2v) is 5.37. The summed E-state index contributed by atoms with van der Waals surface area (Å²) in [7, 11) is 0. The molecule has 5 nitrogen and oxygen atoms in total. The lowest BCUT2D eigenvalue weighted by molar-refractivity contribution is -0.116. The predicted octanol–water partition coefficient (Wildman–Crippen LogP) is 1.50. The number of carbonyl (C=O) groups excluding carboxylic acids is 2. The molecular weight excluding hydrogens is 242 g/mol. The monoisotopic (exact) mass is 263 g/mol. The number of hydrogen-bond donors (Lipinski definition) is 3. The highest BCUT2D eigenvalue weighted by Gasteiger charge is 2.15. The SMILES string of the molecule is CC(C)(C)NC(=O)c1cccc(NC(=O)CCN)c1. The Kier molecular flexibility index (Phi) is 5.06. The van der Waals surface area contributed by atoms with Crippen LogP contribution in [-0.4, -0.2) is 23.9 Å². The molecule has 104 valence electrons. The molecule has 19 heavy (non-hydrogen) atoms. The van der Waals surface area contributed by atoms with Gasteiger partial charge in [-0.1, -0.05) is 6.07 Å². The van der Waals surface area contributed by atoms with Crippen LogP contribution in [0.3, 0.4) is 0 Å². The molecule has 0 fully saturated rings. The molecule has 0 saturated carbocycles. The summed E-state index contributed by atoms with van der Waals surface area (Å²) in [6, 6.07) is 6.83. The van der Waals surface area contributed by atoms with Gasteiger partial charge in [0.2, 0.25) is 5.91 Å². The average molecular weight is 263 g/mol. The first-order valence-corrected chi connectivity index (χ1v) is 6.24. The van der Waals surface area contributed by atoms with E-state index in [1.54, 1.807) is 24.3 Å². The van der Waals surface area contributed by atoms with Crippen molar-refractivity contribution in [1.82, 2.24) is 5.32 Å². The molecule has 0 bridgehead atoms. The lowest BCUT2D eigenvalue weighted by Crippen LogP contribution is -2.40. The van der Waals surface area contributed by atoms with Gasteiger partial charge in [-0.25, -0.2) is 0 Å². The van der Waals surface area contributed by atoms with Gasteiger partial charge in [-0.2, -0.15) is 0 Å². The molecule has 0 unspecified atom stereocenters. The molecule has 0 aliphatic carbocycles. The molecule has 4 N–H and O–H groups in total. The average Bonchev–Trinajstić information content (AvgIpc) is 2.27. The third kappa shape index (κ3) is 5.52. The van der Waals surface area contributed by atoms with E-state index in [-0.39, 0.29) is 23.8 Å². The third-order valence-electron chi connectivity index (χ3n) is 2.27. The van der Waals surface area contributed by atoms with Crippen LogP contribution in [0.2, 0.25) is 0 Å². The van der Waals surface area contributed by atoms with Crippen LogP contribution in [0.15, 0.2) is 24.3 Å². The maximum Gasteiger partial charge on any atom is 0.251 e. The summed E-state index contributed by atoms with van der Waals surface area (Å²) in [5, 5.41) is 5.57. The van der Waals surface area contributed by atoms with Crippen LogP contribution in [0.5, 0.6) is 0 Å². The van der Waals surface area contributed by atoms with Gasteiger partial charge in [-0.15, -0.1) is 0 Å². The number of amides is 2. The summed E-state index contributed by atoms with van der Waals surface area (Å²) < 4.78 is 0. The van der Waals surface area contributed by atoms with Gasteiger partial charge < -0.3 is 16.4 Å². The number of benzene rings is 1. The highest BCUT2D eigenvalue weighted by atomic mass is 16.2. The van der Waals surface area contributed by atoms with E-state index in [1.165, 1.54) is 0 Å². The van der Waals surface area contributed by atoms with Gasteiger partial charge in [0, 0.05) is 29.8 Å². The molecule has 0 aliphatic rings. The van der Waals surface area contributed by atoms with Gasteiger partial charge in [0.15, 0.2) is 0 Å². The molecule has 0 aromatic heterocycles. The third-order valence-corrected chi connectivity index (χ3v) is 2.27. The number of anilines is 1. The number of nitrogens with two attached hydrogens (primary N) is 1. The predicted molar refractivity (Wildman–Crippen MR) is 76.0 cm³/mol. The molecule has 0 heterocycles. The van der Waals surface area contributed by atoms with E-state index >= 15 is 0 Å². The summed E-state index contributed by atoms with van der Waals surface area (Å²) in [5.74, 6) is -0.321. The Labute approximate surface area is 113 Å². The zero-order chi connectivity index (χ0) is 14.5. The van der Waals surface area contributed by atoms with Gasteiger partial charge in [0.05, 0.1) is 0 Å². The maximum absolute atomic E-state index is 12.0. The Morgan fingerprint density at radius 2 is 1.95 bits per heavy atom. The Balaban J connectivity index is 2.77. The van der Waals surface area contributed by atoms with Gasteiger partial charge in [0.25, 0.3) is 5.91 Å². The van der Waals surface area contributed by atoms with Crippen LogP contribution < -0.4 is 16.4 Å². The van der Waals surface area contributed by atoms with Crippen LogP contribution in [0.25, 0.3) is 0 Å². The number of hydrogen-bond acceptors (Lipinski definition) is 3. The second kappa shape index (κ2) is 6.33. The van der Waals surface area contributed by atoms with E-state index in [2.05, 4.69) is 10.6 Å². The minimum absolute atomic E-state index is 0.157. The van der Waals surface area contributed by atoms with E-state index < -0.39 is 0 Å². The van der Waals surface area contributed by atoms with Crippen molar-refractivity contribution < 1.29 is 9.59 Å². The van der Waals surface area contributed by atoms with Crippen molar-refractivity contribution in [3.8, 4) is 0 Å². The summed E-state index contributed by atoms with van der Waals surface area (Å²) in [6.07, 6.45) is 0.262. The quantitative estimate of drug-likeness (QED) is 0.769. The van der Waals surface area contributed by atoms with Crippen molar-refractivity contribution in [2.75, 3.05) is 11.9 Å². The molecule has 2 amide bonds. The Bertz CT molecular complexity index is 464. The van der Waals surface area contributed by atoms with Crippen LogP contribution in [0, 0.1) is 0 Å². The lowest BCUT2D eigenvalue weighted by atomic mass is 10.1. The highest BCUT2D eigenvalue weighted by molar-refractivity contribution is 5.97. The molecule has 1 aromatic carbocycles. The molecule has 1 aromatic rings. The fourth-order valence-electron chi connectivity index (χ4n) is 1.51. The van der Waals surface area contributed by atoms with Gasteiger partial charge in [-0.05, 0) is 39.0 Å². The molecular formula is C14H21N3O2. The minimum atomic E-state index is -0.296. The van der Waals surface area contributed by atoms with Crippen molar-refractivity contribution in [3.63, 3.8) is 0 Å². The van der Waals surface area contributed by atoms with Crippen molar-refractivity contribution in [1.29, 1.82) is 0 Å². The molecule has 0 atom stereocenters. The van der Waals surface area contributed by atoms with Gasteiger partial charge in [-0.3, -0.25) is 9.59 Å². The van der Waals surface area contributed by atoms with E-state index in [0.29, 0.717) is 17.8 Å². The van der Waals surface area contributed by atoms with Gasteiger partial charge in [0.1, 0.15) is 0 Å². The smallest absolute Gasteiger partial charge is 0.251 e. The van der Waals surface area contributed by atoms with E-state index in [9.17, 15) is 9.59 Å². The van der Waals surface area contributed by atoms with Crippen LogP contribution in [0.1, 0.15) is 37.6 Å². The fraction of sp³-hybridized carbons (Fsp3) is 0.429. The Hall–Kier alpha value is -1.88. The number of nitrogens with one attached hydrogen (secondary N) is 2. The normalized spacial score (nSPS) is 10.9. The van der Waals surface area contributed by atoms with Crippen molar-refractivity contribution in [2.45, 2.75) is 32.7 Å². The molecule has 0 saturated heterocycles. The Morgan fingerprint density at radius 1 is 1.26 bits per heavy atom. The van der Waals surface area contributed by atoms with Crippen molar-refractivity contribution in [2.24, 2.45) is 5.73 Å². The first-order valence-electron chi connectivity index (χ1n) is 6.24. The highest BCUT2D eigenvalue weighted by Crippen LogP contribution is 2.12. The summed E-state index contributed by atoms with van der Waals surface area (Å²) in [6.45, 7) is 6.05. The van der Waals surface area contributed by atoms with Crippen LogP contribution in [-0.2, 0) is 4.79 Å². The largest absolute Gasteiger partial charge is 0.347 e.